The molecule has 1 saturated carbocycles. The van der Waals surface area contributed by atoms with Crippen LogP contribution in [0, 0.1) is 11.8 Å². The molecule has 1 unspecified atom stereocenters. The maximum atomic E-state index is 12.7. The fourth-order valence-electron chi connectivity index (χ4n) is 4.18. The molecular formula is C18H24N2O3. The highest BCUT2D eigenvalue weighted by Gasteiger charge is 2.42. The van der Waals surface area contributed by atoms with E-state index in [4.69, 9.17) is 4.74 Å². The maximum absolute atomic E-state index is 12.7. The highest BCUT2D eigenvalue weighted by molar-refractivity contribution is 5.94. The van der Waals surface area contributed by atoms with Crippen molar-refractivity contribution in [3.05, 3.63) is 29.8 Å². The number of nitrogens with zero attached hydrogens (tertiary/aromatic N) is 2. The molecule has 5 heteroatoms. The lowest BCUT2D eigenvalue weighted by Gasteiger charge is -2.35. The van der Waals surface area contributed by atoms with Gasteiger partial charge in [0.15, 0.2) is 0 Å². The number of anilines is 1. The first kappa shape index (κ1) is 15.0. The van der Waals surface area contributed by atoms with Crippen LogP contribution in [0.2, 0.25) is 0 Å². The number of fused-ring (bicyclic) bond motifs is 2. The molecule has 5 nitrogen and oxygen atoms in total. The van der Waals surface area contributed by atoms with E-state index in [0.717, 1.165) is 50.4 Å². The molecule has 124 valence electrons. The van der Waals surface area contributed by atoms with E-state index < -0.39 is 0 Å². The van der Waals surface area contributed by atoms with E-state index in [1.54, 1.807) is 0 Å². The second kappa shape index (κ2) is 6.13. The smallest absolute Gasteiger partial charge is 0.253 e. The Kier molecular flexibility index (Phi) is 3.99. The number of morpholine rings is 1. The topological polar surface area (TPSA) is 53.0 Å². The van der Waals surface area contributed by atoms with Crippen LogP contribution in [0.3, 0.4) is 0 Å². The predicted octanol–water partition coefficient (Wildman–Crippen LogP) is 1.37. The van der Waals surface area contributed by atoms with Gasteiger partial charge in [-0.25, -0.2) is 0 Å². The van der Waals surface area contributed by atoms with Crippen molar-refractivity contribution in [1.82, 2.24) is 4.90 Å². The summed E-state index contributed by atoms with van der Waals surface area (Å²) in [5.41, 5.74) is 1.90. The standard InChI is InChI=1S/C18H24N2O3/c21-17-14-1-2-15(17)12-20(11-14)18(22)13-3-5-16(6-4-13)19-7-9-23-10-8-19/h3-6,14-15,17,21H,1-2,7-12H2/t14-,15+,17?. The Hall–Kier alpha value is -1.59. The van der Waals surface area contributed by atoms with Gasteiger partial charge < -0.3 is 19.6 Å². The second-order valence-corrected chi connectivity index (χ2v) is 6.94. The Morgan fingerprint density at radius 1 is 1.04 bits per heavy atom. The van der Waals surface area contributed by atoms with Gasteiger partial charge in [-0.1, -0.05) is 0 Å². The van der Waals surface area contributed by atoms with Crippen LogP contribution in [0.15, 0.2) is 24.3 Å². The van der Waals surface area contributed by atoms with Gasteiger partial charge in [0.25, 0.3) is 5.91 Å². The lowest BCUT2D eigenvalue weighted by molar-refractivity contribution is 0.0166. The third kappa shape index (κ3) is 2.83. The van der Waals surface area contributed by atoms with E-state index in [2.05, 4.69) is 4.90 Å². The summed E-state index contributed by atoms with van der Waals surface area (Å²) in [6, 6.07) is 7.93. The van der Waals surface area contributed by atoms with E-state index >= 15 is 0 Å². The monoisotopic (exact) mass is 316 g/mol. The number of benzene rings is 1. The van der Waals surface area contributed by atoms with Crippen molar-refractivity contribution in [2.24, 2.45) is 11.8 Å². The zero-order valence-corrected chi connectivity index (χ0v) is 13.4. The van der Waals surface area contributed by atoms with Crippen LogP contribution < -0.4 is 4.90 Å². The number of carbonyl (C=O) groups excluding carboxylic acids is 1. The first-order chi connectivity index (χ1) is 11.2. The summed E-state index contributed by atoms with van der Waals surface area (Å²) in [5, 5.41) is 10.1. The average molecular weight is 316 g/mol. The Morgan fingerprint density at radius 2 is 1.65 bits per heavy atom. The third-order valence-corrected chi connectivity index (χ3v) is 5.56. The minimum atomic E-state index is -0.206. The van der Waals surface area contributed by atoms with Gasteiger partial charge in [0.05, 0.1) is 19.3 Å². The van der Waals surface area contributed by atoms with Crippen LogP contribution in [0.4, 0.5) is 5.69 Å². The zero-order chi connectivity index (χ0) is 15.8. The van der Waals surface area contributed by atoms with Crippen LogP contribution in [-0.2, 0) is 4.74 Å². The molecule has 1 aromatic rings. The summed E-state index contributed by atoms with van der Waals surface area (Å²) in [4.78, 5) is 16.9. The number of hydrogen-bond acceptors (Lipinski definition) is 4. The van der Waals surface area contributed by atoms with Gasteiger partial charge in [-0.15, -0.1) is 0 Å². The molecule has 1 amide bonds. The number of likely N-dealkylation sites (tertiary alicyclic amines) is 1. The minimum Gasteiger partial charge on any atom is -0.392 e. The maximum Gasteiger partial charge on any atom is 0.253 e. The first-order valence-corrected chi connectivity index (χ1v) is 8.62. The molecule has 1 aromatic carbocycles. The van der Waals surface area contributed by atoms with E-state index in [9.17, 15) is 9.90 Å². The number of aliphatic hydroxyl groups is 1. The molecule has 23 heavy (non-hydrogen) atoms. The Labute approximate surface area is 136 Å². The summed E-state index contributed by atoms with van der Waals surface area (Å²) >= 11 is 0. The van der Waals surface area contributed by atoms with Crippen molar-refractivity contribution in [3.8, 4) is 0 Å². The van der Waals surface area contributed by atoms with E-state index in [0.29, 0.717) is 13.1 Å². The van der Waals surface area contributed by atoms with Crippen molar-refractivity contribution in [3.63, 3.8) is 0 Å². The summed E-state index contributed by atoms with van der Waals surface area (Å²) < 4.78 is 5.37. The molecule has 2 saturated heterocycles. The van der Waals surface area contributed by atoms with Gasteiger partial charge >= 0.3 is 0 Å². The molecule has 3 fully saturated rings. The number of aliphatic hydroxyl groups excluding tert-OH is 1. The summed E-state index contributed by atoms with van der Waals surface area (Å²) in [6.45, 7) is 4.73. The quantitative estimate of drug-likeness (QED) is 0.895. The predicted molar refractivity (Wildman–Crippen MR) is 87.6 cm³/mol. The number of carbonyl (C=O) groups is 1. The average Bonchev–Trinajstić information content (AvgIpc) is 2.83. The molecule has 4 rings (SSSR count). The SMILES string of the molecule is O=C(c1ccc(N2CCOCC2)cc1)N1C[C@H]2CC[C@@H](C1)C2O. The molecular weight excluding hydrogens is 292 g/mol. The molecule has 1 aliphatic carbocycles. The van der Waals surface area contributed by atoms with Crippen LogP contribution in [-0.4, -0.2) is 61.4 Å². The molecule has 1 N–H and O–H groups in total. The lowest BCUT2D eigenvalue weighted by atomic mass is 9.94. The van der Waals surface area contributed by atoms with Crippen molar-refractivity contribution >= 4 is 11.6 Å². The number of rotatable bonds is 2. The van der Waals surface area contributed by atoms with Crippen LogP contribution in [0.25, 0.3) is 0 Å². The van der Waals surface area contributed by atoms with E-state index in [1.165, 1.54) is 0 Å². The van der Waals surface area contributed by atoms with Crippen LogP contribution in [0.1, 0.15) is 23.2 Å². The molecule has 2 bridgehead atoms. The highest BCUT2D eigenvalue weighted by Crippen LogP contribution is 2.37. The Balaban J connectivity index is 1.44. The van der Waals surface area contributed by atoms with Crippen molar-refractivity contribution in [1.29, 1.82) is 0 Å². The Morgan fingerprint density at radius 3 is 2.26 bits per heavy atom. The number of amides is 1. The van der Waals surface area contributed by atoms with Crippen molar-refractivity contribution < 1.29 is 14.6 Å². The molecule has 0 radical (unpaired) electrons. The van der Waals surface area contributed by atoms with Gasteiger partial charge in [0, 0.05) is 49.3 Å². The lowest BCUT2D eigenvalue weighted by Crippen LogP contribution is -2.47. The largest absolute Gasteiger partial charge is 0.392 e. The molecule has 3 aliphatic rings. The summed E-state index contributed by atoms with van der Waals surface area (Å²) in [6.07, 6.45) is 1.89. The fourth-order valence-corrected chi connectivity index (χ4v) is 4.18. The van der Waals surface area contributed by atoms with E-state index in [1.807, 2.05) is 29.2 Å². The molecule has 0 spiro atoms. The van der Waals surface area contributed by atoms with Gasteiger partial charge in [0.2, 0.25) is 0 Å². The molecule has 3 atom stereocenters. The van der Waals surface area contributed by atoms with E-state index in [-0.39, 0.29) is 23.8 Å². The highest BCUT2D eigenvalue weighted by atomic mass is 16.5. The van der Waals surface area contributed by atoms with Crippen molar-refractivity contribution in [2.45, 2.75) is 18.9 Å². The van der Waals surface area contributed by atoms with Gasteiger partial charge in [-0.3, -0.25) is 4.79 Å². The molecule has 0 aromatic heterocycles. The van der Waals surface area contributed by atoms with Gasteiger partial charge in [-0.2, -0.15) is 0 Å². The number of hydrogen-bond donors (Lipinski definition) is 1. The van der Waals surface area contributed by atoms with Crippen LogP contribution >= 0.6 is 0 Å². The first-order valence-electron chi connectivity index (χ1n) is 8.62. The Bertz CT molecular complexity index is 554. The number of piperidine rings is 1. The fraction of sp³-hybridized carbons (Fsp3) is 0.611. The van der Waals surface area contributed by atoms with Gasteiger partial charge in [0.1, 0.15) is 0 Å². The van der Waals surface area contributed by atoms with Gasteiger partial charge in [-0.05, 0) is 37.1 Å². The third-order valence-electron chi connectivity index (χ3n) is 5.56. The zero-order valence-electron chi connectivity index (χ0n) is 13.4. The minimum absolute atomic E-state index is 0.0994. The molecule has 2 aliphatic heterocycles. The second-order valence-electron chi connectivity index (χ2n) is 6.94. The van der Waals surface area contributed by atoms with Crippen molar-refractivity contribution in [2.75, 3.05) is 44.3 Å². The number of ether oxygens (including phenoxy) is 1. The molecule has 2 heterocycles. The van der Waals surface area contributed by atoms with Crippen LogP contribution in [0.5, 0.6) is 0 Å². The normalized spacial score (nSPS) is 30.6. The summed E-state index contributed by atoms with van der Waals surface area (Å²) in [7, 11) is 0. The summed E-state index contributed by atoms with van der Waals surface area (Å²) in [5.74, 6) is 0.637.